The van der Waals surface area contributed by atoms with Crippen LogP contribution in [0, 0.1) is 0 Å². The molecule has 3 rings (SSSR count). The van der Waals surface area contributed by atoms with Crippen LogP contribution in [0.25, 0.3) is 0 Å². The van der Waals surface area contributed by atoms with Gasteiger partial charge < -0.3 is 9.84 Å². The Kier molecular flexibility index (Phi) is 3.21. The van der Waals surface area contributed by atoms with E-state index in [0.29, 0.717) is 4.31 Å². The maximum absolute atomic E-state index is 12.4. The summed E-state index contributed by atoms with van der Waals surface area (Å²) in [6, 6.07) is 6.02. The second kappa shape index (κ2) is 4.95. The van der Waals surface area contributed by atoms with E-state index in [1.54, 1.807) is 6.07 Å². The molecule has 0 fully saturated rings. The van der Waals surface area contributed by atoms with Gasteiger partial charge in [0.2, 0.25) is 5.91 Å². The van der Waals surface area contributed by atoms with Gasteiger partial charge >= 0.3 is 0 Å². The van der Waals surface area contributed by atoms with E-state index in [1.807, 2.05) is 0 Å². The smallest absolute Gasteiger partial charge is 0.269 e. The van der Waals surface area contributed by atoms with Crippen molar-refractivity contribution in [2.24, 2.45) is 0 Å². The molecule has 0 spiro atoms. The zero-order valence-corrected chi connectivity index (χ0v) is 12.2. The fourth-order valence-corrected chi connectivity index (χ4v) is 3.92. The monoisotopic (exact) mass is 321 g/mol. The van der Waals surface area contributed by atoms with E-state index in [9.17, 15) is 18.0 Å². The van der Waals surface area contributed by atoms with Crippen molar-refractivity contribution in [1.82, 2.24) is 9.46 Å². The van der Waals surface area contributed by atoms with E-state index in [1.165, 1.54) is 37.5 Å². The summed E-state index contributed by atoms with van der Waals surface area (Å²) in [6.07, 6.45) is 1.26. The Balaban J connectivity index is 1.92. The van der Waals surface area contributed by atoms with Gasteiger partial charge in [0.15, 0.2) is 5.82 Å². The van der Waals surface area contributed by atoms with Gasteiger partial charge in [-0.1, -0.05) is 17.3 Å². The SMILES string of the molecule is C[C@@H](C(=O)Nc1ccon1)N1C(=O)c2ccccc2S1(=O)=O. The zero-order chi connectivity index (χ0) is 15.9. The molecule has 0 aliphatic carbocycles. The van der Waals surface area contributed by atoms with E-state index in [4.69, 9.17) is 0 Å². The van der Waals surface area contributed by atoms with Crippen LogP contribution < -0.4 is 5.32 Å². The van der Waals surface area contributed by atoms with Crippen LogP contribution >= 0.6 is 0 Å². The van der Waals surface area contributed by atoms with Gasteiger partial charge in [-0.25, -0.2) is 12.7 Å². The summed E-state index contributed by atoms with van der Waals surface area (Å²) in [5.74, 6) is -1.27. The summed E-state index contributed by atoms with van der Waals surface area (Å²) in [6.45, 7) is 1.33. The van der Waals surface area contributed by atoms with Crippen molar-refractivity contribution in [2.75, 3.05) is 5.32 Å². The molecule has 1 aromatic heterocycles. The standard InChI is InChI=1S/C13H11N3O5S/c1-8(12(17)14-11-6-7-21-15-11)16-13(18)9-4-2-3-5-10(9)22(16,19)20/h2-8H,1H3,(H,14,15,17)/t8-/m0/s1. The Bertz CT molecular complexity index is 844. The van der Waals surface area contributed by atoms with E-state index < -0.39 is 27.9 Å². The summed E-state index contributed by atoms with van der Waals surface area (Å²) in [5.41, 5.74) is 0.0589. The molecule has 0 unspecified atom stereocenters. The van der Waals surface area contributed by atoms with Crippen LogP contribution in [0.2, 0.25) is 0 Å². The molecule has 0 radical (unpaired) electrons. The number of nitrogens with one attached hydrogen (secondary N) is 1. The van der Waals surface area contributed by atoms with Crippen molar-refractivity contribution in [2.45, 2.75) is 17.9 Å². The fourth-order valence-electron chi connectivity index (χ4n) is 2.20. The molecule has 0 bridgehead atoms. The van der Waals surface area contributed by atoms with Crippen LogP contribution in [-0.4, -0.2) is 35.7 Å². The van der Waals surface area contributed by atoms with E-state index in [0.717, 1.165) is 0 Å². The summed E-state index contributed by atoms with van der Waals surface area (Å²) < 4.78 is 30.0. The first-order valence-corrected chi connectivity index (χ1v) is 7.76. The lowest BCUT2D eigenvalue weighted by Gasteiger charge is -2.21. The summed E-state index contributed by atoms with van der Waals surface area (Å²) in [5, 5.41) is 5.88. The van der Waals surface area contributed by atoms with Crippen molar-refractivity contribution in [3.63, 3.8) is 0 Å². The molecule has 22 heavy (non-hydrogen) atoms. The molecular weight excluding hydrogens is 310 g/mol. The van der Waals surface area contributed by atoms with Crippen LogP contribution in [0.5, 0.6) is 0 Å². The molecule has 1 aromatic carbocycles. The summed E-state index contributed by atoms with van der Waals surface area (Å²) in [4.78, 5) is 24.3. The first-order chi connectivity index (χ1) is 10.4. The molecule has 1 aliphatic heterocycles. The third kappa shape index (κ3) is 2.06. The van der Waals surface area contributed by atoms with E-state index in [2.05, 4.69) is 15.0 Å². The predicted molar refractivity (Wildman–Crippen MR) is 74.4 cm³/mol. The number of carbonyl (C=O) groups excluding carboxylic acids is 2. The third-order valence-electron chi connectivity index (χ3n) is 3.27. The maximum Gasteiger partial charge on any atom is 0.269 e. The van der Waals surface area contributed by atoms with Gasteiger partial charge in [0.25, 0.3) is 15.9 Å². The number of nitrogens with zero attached hydrogens (tertiary/aromatic N) is 2. The number of hydrogen-bond acceptors (Lipinski definition) is 6. The first-order valence-electron chi connectivity index (χ1n) is 6.32. The average Bonchev–Trinajstić information content (AvgIpc) is 3.05. The molecule has 1 aliphatic rings. The quantitative estimate of drug-likeness (QED) is 0.897. The number of aromatic nitrogens is 1. The number of rotatable bonds is 3. The number of amides is 2. The Morgan fingerprint density at radius 1 is 1.32 bits per heavy atom. The highest BCUT2D eigenvalue weighted by Crippen LogP contribution is 2.31. The molecule has 2 amide bonds. The van der Waals surface area contributed by atoms with Gasteiger partial charge in [-0.3, -0.25) is 9.59 Å². The second-order valence-electron chi connectivity index (χ2n) is 4.65. The molecular formula is C13H11N3O5S. The Morgan fingerprint density at radius 2 is 2.05 bits per heavy atom. The third-order valence-corrected chi connectivity index (χ3v) is 5.19. The Hall–Kier alpha value is -2.68. The second-order valence-corrected chi connectivity index (χ2v) is 6.44. The highest BCUT2D eigenvalue weighted by atomic mass is 32.2. The lowest BCUT2D eigenvalue weighted by Crippen LogP contribution is -2.45. The normalized spacial score (nSPS) is 17.1. The van der Waals surface area contributed by atoms with Gasteiger partial charge in [0, 0.05) is 6.07 Å². The molecule has 0 saturated carbocycles. The van der Waals surface area contributed by atoms with Gasteiger partial charge in [-0.05, 0) is 19.1 Å². The zero-order valence-electron chi connectivity index (χ0n) is 11.4. The molecule has 9 heteroatoms. The minimum atomic E-state index is -4.04. The van der Waals surface area contributed by atoms with Gasteiger partial charge in [-0.15, -0.1) is 0 Å². The van der Waals surface area contributed by atoms with Crippen LogP contribution in [-0.2, 0) is 14.8 Å². The van der Waals surface area contributed by atoms with Crippen molar-refractivity contribution >= 4 is 27.7 Å². The van der Waals surface area contributed by atoms with Crippen LogP contribution in [0.1, 0.15) is 17.3 Å². The van der Waals surface area contributed by atoms with Crippen LogP contribution in [0.15, 0.2) is 46.0 Å². The Labute approximate surface area is 125 Å². The fraction of sp³-hybridized carbons (Fsp3) is 0.154. The molecule has 1 atom stereocenters. The highest BCUT2D eigenvalue weighted by molar-refractivity contribution is 7.90. The van der Waals surface area contributed by atoms with E-state index >= 15 is 0 Å². The number of fused-ring (bicyclic) bond motifs is 1. The number of hydrogen-bond donors (Lipinski definition) is 1. The summed E-state index contributed by atoms with van der Waals surface area (Å²) in [7, 11) is -4.04. The van der Waals surface area contributed by atoms with Gasteiger partial charge in [0.1, 0.15) is 17.2 Å². The van der Waals surface area contributed by atoms with Gasteiger partial charge in [0.05, 0.1) is 5.56 Å². The minimum Gasteiger partial charge on any atom is -0.363 e. The topological polar surface area (TPSA) is 110 Å². The molecule has 1 N–H and O–H groups in total. The average molecular weight is 321 g/mol. The number of anilines is 1. The predicted octanol–water partition coefficient (Wildman–Crippen LogP) is 0.846. The molecule has 114 valence electrons. The minimum absolute atomic E-state index is 0.0589. The molecule has 2 aromatic rings. The summed E-state index contributed by atoms with van der Waals surface area (Å²) >= 11 is 0. The molecule has 2 heterocycles. The van der Waals surface area contributed by atoms with Crippen molar-refractivity contribution in [1.29, 1.82) is 0 Å². The number of carbonyl (C=O) groups is 2. The molecule has 0 saturated heterocycles. The number of benzene rings is 1. The van der Waals surface area contributed by atoms with Crippen molar-refractivity contribution in [3.8, 4) is 0 Å². The van der Waals surface area contributed by atoms with Crippen molar-refractivity contribution < 1.29 is 22.5 Å². The van der Waals surface area contributed by atoms with Crippen molar-refractivity contribution in [3.05, 3.63) is 42.2 Å². The lowest BCUT2D eigenvalue weighted by molar-refractivity contribution is -0.118. The largest absolute Gasteiger partial charge is 0.363 e. The van der Waals surface area contributed by atoms with Crippen LogP contribution in [0.4, 0.5) is 5.82 Å². The lowest BCUT2D eigenvalue weighted by atomic mass is 10.2. The van der Waals surface area contributed by atoms with Crippen LogP contribution in [0.3, 0.4) is 0 Å². The van der Waals surface area contributed by atoms with Gasteiger partial charge in [-0.2, -0.15) is 0 Å². The highest BCUT2D eigenvalue weighted by Gasteiger charge is 2.45. The maximum atomic E-state index is 12.4. The number of sulfonamides is 1. The Morgan fingerprint density at radius 3 is 2.68 bits per heavy atom. The first kappa shape index (κ1) is 14.3. The molecule has 8 nitrogen and oxygen atoms in total. The van der Waals surface area contributed by atoms with E-state index in [-0.39, 0.29) is 16.3 Å².